The fourth-order valence-corrected chi connectivity index (χ4v) is 3.48. The van der Waals surface area contributed by atoms with Gasteiger partial charge in [-0.05, 0) is 44.5 Å². The summed E-state index contributed by atoms with van der Waals surface area (Å²) >= 11 is 6.14. The molecular formula is C18H26ClN3O2. The zero-order valence-electron chi connectivity index (χ0n) is 14.3. The van der Waals surface area contributed by atoms with Gasteiger partial charge in [-0.3, -0.25) is 4.79 Å². The topological polar surface area (TPSA) is 44.8 Å². The summed E-state index contributed by atoms with van der Waals surface area (Å²) in [6, 6.07) is 5.74. The van der Waals surface area contributed by atoms with Gasteiger partial charge in [-0.25, -0.2) is 0 Å². The Morgan fingerprint density at radius 2 is 2.12 bits per heavy atom. The molecule has 24 heavy (non-hydrogen) atoms. The first kappa shape index (κ1) is 17.5. The number of hydrogen-bond donors (Lipinski definition) is 1. The van der Waals surface area contributed by atoms with Crippen LogP contribution in [0.1, 0.15) is 25.7 Å². The van der Waals surface area contributed by atoms with Crippen molar-refractivity contribution < 1.29 is 9.53 Å². The van der Waals surface area contributed by atoms with E-state index in [1.165, 1.54) is 0 Å². The van der Waals surface area contributed by atoms with Gasteiger partial charge in [0.25, 0.3) is 0 Å². The van der Waals surface area contributed by atoms with Crippen molar-refractivity contribution in [3.8, 4) is 0 Å². The third kappa shape index (κ3) is 4.62. The number of carbonyl (C=O) groups is 1. The SMILES string of the molecule is CN1CCN(c2ccc(Cl)cc2NC(=O)CCC2CCCO2)CC1. The highest BCUT2D eigenvalue weighted by molar-refractivity contribution is 6.31. The third-order valence-corrected chi connectivity index (χ3v) is 5.03. The molecule has 2 fully saturated rings. The number of likely N-dealkylation sites (N-methyl/N-ethyl adjacent to an activating group) is 1. The molecule has 0 spiro atoms. The smallest absolute Gasteiger partial charge is 0.224 e. The maximum absolute atomic E-state index is 12.3. The number of rotatable bonds is 5. The Balaban J connectivity index is 1.62. The lowest BCUT2D eigenvalue weighted by Crippen LogP contribution is -2.44. The predicted octanol–water partition coefficient (Wildman–Crippen LogP) is 2.99. The fraction of sp³-hybridized carbons (Fsp3) is 0.611. The lowest BCUT2D eigenvalue weighted by Gasteiger charge is -2.35. The molecule has 2 saturated heterocycles. The van der Waals surface area contributed by atoms with E-state index in [0.29, 0.717) is 11.4 Å². The molecule has 0 bridgehead atoms. The van der Waals surface area contributed by atoms with E-state index < -0.39 is 0 Å². The molecule has 0 radical (unpaired) electrons. The monoisotopic (exact) mass is 351 g/mol. The highest BCUT2D eigenvalue weighted by Crippen LogP contribution is 2.30. The molecule has 132 valence electrons. The normalized spacial score (nSPS) is 21.9. The van der Waals surface area contributed by atoms with Gasteiger partial charge in [-0.15, -0.1) is 0 Å². The van der Waals surface area contributed by atoms with Crippen LogP contribution in [0.25, 0.3) is 0 Å². The lowest BCUT2D eigenvalue weighted by atomic mass is 10.1. The number of amides is 1. The van der Waals surface area contributed by atoms with Gasteiger partial charge in [0.2, 0.25) is 5.91 Å². The van der Waals surface area contributed by atoms with E-state index >= 15 is 0 Å². The molecule has 1 unspecified atom stereocenters. The van der Waals surface area contributed by atoms with E-state index in [1.807, 2.05) is 18.2 Å². The van der Waals surface area contributed by atoms with E-state index in [9.17, 15) is 4.79 Å². The van der Waals surface area contributed by atoms with Crippen LogP contribution in [0.5, 0.6) is 0 Å². The molecule has 2 aliphatic rings. The average Bonchev–Trinajstić information content (AvgIpc) is 3.08. The molecular weight excluding hydrogens is 326 g/mol. The van der Waals surface area contributed by atoms with Crippen LogP contribution in [0, 0.1) is 0 Å². The maximum Gasteiger partial charge on any atom is 0.224 e. The summed E-state index contributed by atoms with van der Waals surface area (Å²) < 4.78 is 5.59. The van der Waals surface area contributed by atoms with Crippen molar-refractivity contribution in [2.45, 2.75) is 31.8 Å². The van der Waals surface area contributed by atoms with Gasteiger partial charge < -0.3 is 19.9 Å². The summed E-state index contributed by atoms with van der Waals surface area (Å²) in [4.78, 5) is 17.0. The first-order chi connectivity index (χ1) is 11.6. The third-order valence-electron chi connectivity index (χ3n) is 4.79. The zero-order chi connectivity index (χ0) is 16.9. The quantitative estimate of drug-likeness (QED) is 0.885. The summed E-state index contributed by atoms with van der Waals surface area (Å²) in [5.74, 6) is 0.0307. The van der Waals surface area contributed by atoms with Gasteiger partial charge in [0.05, 0.1) is 17.5 Å². The van der Waals surface area contributed by atoms with Crippen molar-refractivity contribution in [3.63, 3.8) is 0 Å². The molecule has 1 N–H and O–H groups in total. The highest BCUT2D eigenvalue weighted by Gasteiger charge is 2.20. The average molecular weight is 352 g/mol. The molecule has 3 rings (SSSR count). The molecule has 0 aromatic heterocycles. The van der Waals surface area contributed by atoms with Gasteiger partial charge in [-0.2, -0.15) is 0 Å². The fourth-order valence-electron chi connectivity index (χ4n) is 3.31. The Morgan fingerprint density at radius 1 is 1.33 bits per heavy atom. The van der Waals surface area contributed by atoms with Crippen LogP contribution < -0.4 is 10.2 Å². The Bertz CT molecular complexity index is 567. The van der Waals surface area contributed by atoms with Gasteiger partial charge in [0.15, 0.2) is 0 Å². The summed E-state index contributed by atoms with van der Waals surface area (Å²) in [5, 5.41) is 3.69. The number of benzene rings is 1. The number of piperazine rings is 1. The van der Waals surface area contributed by atoms with Crippen LogP contribution >= 0.6 is 11.6 Å². The van der Waals surface area contributed by atoms with Crippen molar-refractivity contribution in [1.82, 2.24) is 4.90 Å². The Labute approximate surface area is 148 Å². The summed E-state index contributed by atoms with van der Waals surface area (Å²) in [7, 11) is 2.13. The first-order valence-corrected chi connectivity index (χ1v) is 9.14. The van der Waals surface area contributed by atoms with Crippen molar-refractivity contribution in [1.29, 1.82) is 0 Å². The summed E-state index contributed by atoms with van der Waals surface area (Å²) in [6.07, 6.45) is 3.69. The molecule has 5 nitrogen and oxygen atoms in total. The molecule has 0 aliphatic carbocycles. The zero-order valence-corrected chi connectivity index (χ0v) is 15.0. The van der Waals surface area contributed by atoms with Gasteiger partial charge in [-0.1, -0.05) is 11.6 Å². The summed E-state index contributed by atoms with van der Waals surface area (Å²) in [5.41, 5.74) is 1.86. The molecule has 1 aromatic rings. The number of hydrogen-bond acceptors (Lipinski definition) is 4. The van der Waals surface area contributed by atoms with Crippen molar-refractivity contribution >= 4 is 28.9 Å². The van der Waals surface area contributed by atoms with Gasteiger partial charge in [0, 0.05) is 44.2 Å². The number of anilines is 2. The number of carbonyl (C=O) groups excluding carboxylic acids is 1. The lowest BCUT2D eigenvalue weighted by molar-refractivity contribution is -0.116. The van der Waals surface area contributed by atoms with Crippen molar-refractivity contribution in [2.24, 2.45) is 0 Å². The first-order valence-electron chi connectivity index (χ1n) is 8.76. The minimum absolute atomic E-state index is 0.0307. The summed E-state index contributed by atoms with van der Waals surface area (Å²) in [6.45, 7) is 4.78. The second kappa shape index (κ2) is 8.19. The molecule has 0 saturated carbocycles. The van der Waals surface area contributed by atoms with Crippen molar-refractivity contribution in [2.75, 3.05) is 50.1 Å². The maximum atomic E-state index is 12.3. The van der Waals surface area contributed by atoms with E-state index in [2.05, 4.69) is 22.2 Å². The van der Waals surface area contributed by atoms with Crippen molar-refractivity contribution in [3.05, 3.63) is 23.2 Å². The second-order valence-electron chi connectivity index (χ2n) is 6.67. The minimum Gasteiger partial charge on any atom is -0.378 e. The highest BCUT2D eigenvalue weighted by atomic mass is 35.5. The molecule has 6 heteroatoms. The molecule has 1 aromatic carbocycles. The van der Waals surface area contributed by atoms with E-state index in [1.54, 1.807) is 0 Å². The van der Waals surface area contributed by atoms with E-state index in [4.69, 9.17) is 16.3 Å². The number of nitrogens with zero attached hydrogens (tertiary/aromatic N) is 2. The second-order valence-corrected chi connectivity index (χ2v) is 7.11. The van der Waals surface area contributed by atoms with Crippen LogP contribution in [0.15, 0.2) is 18.2 Å². The number of nitrogens with one attached hydrogen (secondary N) is 1. The predicted molar refractivity (Wildman–Crippen MR) is 98.0 cm³/mol. The van der Waals surface area contributed by atoms with E-state index in [0.717, 1.165) is 63.4 Å². The van der Waals surface area contributed by atoms with Gasteiger partial charge in [0.1, 0.15) is 0 Å². The Hall–Kier alpha value is -1.30. The molecule has 1 amide bonds. The van der Waals surface area contributed by atoms with Gasteiger partial charge >= 0.3 is 0 Å². The van der Waals surface area contributed by atoms with Crippen LogP contribution in [-0.4, -0.2) is 56.7 Å². The van der Waals surface area contributed by atoms with Crippen LogP contribution in [0.4, 0.5) is 11.4 Å². The van der Waals surface area contributed by atoms with E-state index in [-0.39, 0.29) is 12.0 Å². The minimum atomic E-state index is 0.0307. The molecule has 2 aliphatic heterocycles. The Kier molecular flexibility index (Phi) is 5.98. The molecule has 2 heterocycles. The van der Waals surface area contributed by atoms with Crippen LogP contribution in [-0.2, 0) is 9.53 Å². The van der Waals surface area contributed by atoms with Crippen LogP contribution in [0.3, 0.4) is 0 Å². The molecule has 1 atom stereocenters. The number of ether oxygens (including phenoxy) is 1. The standard InChI is InChI=1S/C18H26ClN3O2/c1-21-8-10-22(11-9-21)17-6-4-14(19)13-16(17)20-18(23)7-5-15-3-2-12-24-15/h4,6,13,15H,2-3,5,7-12H2,1H3,(H,20,23). The number of halogens is 1. The van der Waals surface area contributed by atoms with Crippen LogP contribution in [0.2, 0.25) is 5.02 Å². The largest absolute Gasteiger partial charge is 0.378 e. The Morgan fingerprint density at radius 3 is 2.83 bits per heavy atom.